The molecule has 0 aliphatic carbocycles. The van der Waals surface area contributed by atoms with Crippen molar-refractivity contribution < 1.29 is 4.42 Å². The lowest BCUT2D eigenvalue weighted by atomic mass is 9.99. The van der Waals surface area contributed by atoms with Crippen molar-refractivity contribution in [3.05, 3.63) is 45.2 Å². The maximum atomic E-state index is 12.5. The minimum atomic E-state index is -0.210. The van der Waals surface area contributed by atoms with Crippen LogP contribution < -0.4 is 10.9 Å². The van der Waals surface area contributed by atoms with E-state index in [4.69, 9.17) is 4.42 Å². The van der Waals surface area contributed by atoms with Crippen LogP contribution in [-0.2, 0) is 6.42 Å². The van der Waals surface area contributed by atoms with Crippen LogP contribution in [-0.4, -0.2) is 32.9 Å². The Hall–Kier alpha value is -2.06. The lowest BCUT2D eigenvalue weighted by Gasteiger charge is -2.19. The molecule has 1 aliphatic rings. The first-order valence-corrected chi connectivity index (χ1v) is 8.11. The SMILES string of the molecule is O=c1c(Cc2ccco2)nnc2sc(C3CCNCC3)nn12. The molecule has 0 amide bonds. The maximum Gasteiger partial charge on any atom is 0.297 e. The summed E-state index contributed by atoms with van der Waals surface area (Å²) >= 11 is 1.46. The molecule has 0 bridgehead atoms. The number of rotatable bonds is 3. The molecule has 0 saturated carbocycles. The molecule has 7 nitrogen and oxygen atoms in total. The molecule has 4 heterocycles. The van der Waals surface area contributed by atoms with E-state index in [1.54, 1.807) is 12.3 Å². The van der Waals surface area contributed by atoms with Gasteiger partial charge in [0, 0.05) is 5.92 Å². The molecular weight excluding hydrogens is 302 g/mol. The average Bonchev–Trinajstić information content (AvgIpc) is 3.21. The summed E-state index contributed by atoms with van der Waals surface area (Å²) in [6, 6.07) is 3.61. The van der Waals surface area contributed by atoms with Crippen LogP contribution in [0, 0.1) is 0 Å². The highest BCUT2D eigenvalue weighted by Crippen LogP contribution is 2.27. The number of nitrogens with zero attached hydrogens (tertiary/aromatic N) is 4. The van der Waals surface area contributed by atoms with Crippen LogP contribution in [0.15, 0.2) is 27.6 Å². The highest BCUT2D eigenvalue weighted by Gasteiger charge is 2.21. The van der Waals surface area contributed by atoms with Crippen LogP contribution >= 0.6 is 11.3 Å². The number of furan rings is 1. The maximum absolute atomic E-state index is 12.5. The van der Waals surface area contributed by atoms with Gasteiger partial charge in [-0.2, -0.15) is 9.61 Å². The van der Waals surface area contributed by atoms with Crippen molar-refractivity contribution in [2.24, 2.45) is 0 Å². The first-order valence-electron chi connectivity index (χ1n) is 7.29. The third kappa shape index (κ3) is 2.44. The quantitative estimate of drug-likeness (QED) is 0.781. The van der Waals surface area contributed by atoms with Crippen molar-refractivity contribution in [1.82, 2.24) is 25.1 Å². The fraction of sp³-hybridized carbons (Fsp3) is 0.429. The summed E-state index contributed by atoms with van der Waals surface area (Å²) in [5, 5.41) is 17.0. The second-order valence-corrected chi connectivity index (χ2v) is 6.35. The van der Waals surface area contributed by atoms with E-state index in [1.807, 2.05) is 6.07 Å². The summed E-state index contributed by atoms with van der Waals surface area (Å²) in [5.41, 5.74) is 0.146. The molecule has 114 valence electrons. The first-order chi connectivity index (χ1) is 10.8. The highest BCUT2D eigenvalue weighted by molar-refractivity contribution is 7.16. The average molecular weight is 317 g/mol. The van der Waals surface area contributed by atoms with Gasteiger partial charge < -0.3 is 9.73 Å². The Bertz CT molecular complexity index is 833. The Morgan fingerprint density at radius 1 is 1.36 bits per heavy atom. The number of aromatic nitrogens is 4. The smallest absolute Gasteiger partial charge is 0.297 e. The highest BCUT2D eigenvalue weighted by atomic mass is 32.1. The monoisotopic (exact) mass is 317 g/mol. The van der Waals surface area contributed by atoms with Gasteiger partial charge in [-0.15, -0.1) is 10.2 Å². The Morgan fingerprint density at radius 3 is 3.00 bits per heavy atom. The normalized spacial score (nSPS) is 16.4. The zero-order chi connectivity index (χ0) is 14.9. The molecule has 0 spiro atoms. The van der Waals surface area contributed by atoms with Gasteiger partial charge in [0.2, 0.25) is 4.96 Å². The predicted molar refractivity (Wildman–Crippen MR) is 81.3 cm³/mol. The van der Waals surface area contributed by atoms with Gasteiger partial charge in [-0.1, -0.05) is 11.3 Å². The Morgan fingerprint density at radius 2 is 2.23 bits per heavy atom. The van der Waals surface area contributed by atoms with E-state index in [0.717, 1.165) is 30.9 Å². The van der Waals surface area contributed by atoms with Crippen molar-refractivity contribution in [3.63, 3.8) is 0 Å². The van der Waals surface area contributed by atoms with Crippen LogP contribution in [0.1, 0.15) is 35.2 Å². The molecule has 3 aromatic heterocycles. The minimum absolute atomic E-state index is 0.210. The zero-order valence-electron chi connectivity index (χ0n) is 11.9. The molecule has 1 aliphatic heterocycles. The summed E-state index contributed by atoms with van der Waals surface area (Å²) in [4.78, 5) is 13.1. The molecule has 1 N–H and O–H groups in total. The predicted octanol–water partition coefficient (Wildman–Crippen LogP) is 1.20. The van der Waals surface area contributed by atoms with E-state index >= 15 is 0 Å². The van der Waals surface area contributed by atoms with Gasteiger partial charge in [0.05, 0.1) is 12.7 Å². The Balaban J connectivity index is 1.70. The fourth-order valence-corrected chi connectivity index (χ4v) is 3.69. The third-order valence-corrected chi connectivity index (χ3v) is 4.94. The van der Waals surface area contributed by atoms with Crippen molar-refractivity contribution >= 4 is 16.3 Å². The van der Waals surface area contributed by atoms with Crippen molar-refractivity contribution in [2.45, 2.75) is 25.2 Å². The molecule has 1 fully saturated rings. The van der Waals surface area contributed by atoms with E-state index in [2.05, 4.69) is 20.6 Å². The van der Waals surface area contributed by atoms with E-state index in [-0.39, 0.29) is 5.56 Å². The van der Waals surface area contributed by atoms with E-state index < -0.39 is 0 Å². The van der Waals surface area contributed by atoms with Crippen LogP contribution in [0.25, 0.3) is 4.96 Å². The Labute approximate surface area is 130 Å². The number of nitrogens with one attached hydrogen (secondary N) is 1. The summed E-state index contributed by atoms with van der Waals surface area (Å²) in [7, 11) is 0. The molecule has 8 heteroatoms. The molecule has 0 atom stereocenters. The van der Waals surface area contributed by atoms with Crippen LogP contribution in [0.3, 0.4) is 0 Å². The van der Waals surface area contributed by atoms with E-state index in [0.29, 0.717) is 28.8 Å². The molecule has 0 radical (unpaired) electrons. The first kappa shape index (κ1) is 13.6. The largest absolute Gasteiger partial charge is 0.469 e. The third-order valence-electron chi connectivity index (χ3n) is 3.88. The standard InChI is InChI=1S/C14H15N5O2S/c20-13-11(8-10-2-1-7-21-10)16-17-14-19(13)18-12(22-14)9-3-5-15-6-4-9/h1-2,7,9,15H,3-6,8H2. The molecule has 0 aromatic carbocycles. The van der Waals surface area contributed by atoms with E-state index in [1.165, 1.54) is 15.9 Å². The van der Waals surface area contributed by atoms with Crippen molar-refractivity contribution in [2.75, 3.05) is 13.1 Å². The summed E-state index contributed by atoms with van der Waals surface area (Å²) < 4.78 is 6.65. The molecule has 22 heavy (non-hydrogen) atoms. The summed E-state index contributed by atoms with van der Waals surface area (Å²) in [6.45, 7) is 1.98. The molecule has 4 rings (SSSR count). The van der Waals surface area contributed by atoms with Crippen molar-refractivity contribution in [3.8, 4) is 0 Å². The topological polar surface area (TPSA) is 85.3 Å². The number of piperidine rings is 1. The molecule has 3 aromatic rings. The van der Waals surface area contributed by atoms with Crippen molar-refractivity contribution in [1.29, 1.82) is 0 Å². The number of hydrogen-bond donors (Lipinski definition) is 1. The molecule has 0 unspecified atom stereocenters. The van der Waals surface area contributed by atoms with Gasteiger partial charge >= 0.3 is 0 Å². The summed E-state index contributed by atoms with van der Waals surface area (Å²) in [5.74, 6) is 1.10. The van der Waals surface area contributed by atoms with Crippen LogP contribution in [0.4, 0.5) is 0 Å². The number of fused-ring (bicyclic) bond motifs is 1. The summed E-state index contributed by atoms with van der Waals surface area (Å²) in [6.07, 6.45) is 4.00. The second kappa shape index (κ2) is 5.62. The fourth-order valence-electron chi connectivity index (χ4n) is 2.68. The Kier molecular flexibility index (Phi) is 3.47. The van der Waals surface area contributed by atoms with E-state index in [9.17, 15) is 4.79 Å². The number of hydrogen-bond acceptors (Lipinski definition) is 7. The van der Waals surface area contributed by atoms with Gasteiger partial charge in [0.1, 0.15) is 16.5 Å². The van der Waals surface area contributed by atoms with Gasteiger partial charge in [-0.3, -0.25) is 4.79 Å². The lowest BCUT2D eigenvalue weighted by Crippen LogP contribution is -2.27. The van der Waals surface area contributed by atoms with Gasteiger partial charge in [-0.05, 0) is 38.1 Å². The molecular formula is C14H15N5O2S. The molecule has 1 saturated heterocycles. The van der Waals surface area contributed by atoms with Gasteiger partial charge in [0.15, 0.2) is 0 Å². The zero-order valence-corrected chi connectivity index (χ0v) is 12.7. The van der Waals surface area contributed by atoms with Crippen LogP contribution in [0.5, 0.6) is 0 Å². The van der Waals surface area contributed by atoms with Gasteiger partial charge in [-0.25, -0.2) is 0 Å². The minimum Gasteiger partial charge on any atom is -0.469 e. The van der Waals surface area contributed by atoms with Crippen LogP contribution in [0.2, 0.25) is 0 Å². The lowest BCUT2D eigenvalue weighted by molar-refractivity contribution is 0.455. The van der Waals surface area contributed by atoms with Gasteiger partial charge in [0.25, 0.3) is 5.56 Å². The second-order valence-electron chi connectivity index (χ2n) is 5.37.